The maximum Gasteiger partial charge on any atom is 0.272 e. The highest BCUT2D eigenvalue weighted by Gasteiger charge is 2.38. The number of aryl methyl sites for hydroxylation is 1. The molecule has 0 aliphatic carbocycles. The fourth-order valence-corrected chi connectivity index (χ4v) is 4.53. The number of aromatic nitrogens is 2. The largest absolute Gasteiger partial charge is 0.335 e. The molecule has 1 aromatic heterocycles. The molecule has 0 spiro atoms. The number of piperazine rings is 1. The predicted molar refractivity (Wildman–Crippen MR) is 88.3 cm³/mol. The van der Waals surface area contributed by atoms with E-state index in [0.717, 1.165) is 50.4 Å². The van der Waals surface area contributed by atoms with Gasteiger partial charge in [-0.1, -0.05) is 0 Å². The second-order valence-corrected chi connectivity index (χ2v) is 7.07. The number of rotatable bonds is 3. The lowest BCUT2D eigenvalue weighted by Gasteiger charge is -2.51. The van der Waals surface area contributed by atoms with Gasteiger partial charge >= 0.3 is 0 Å². The van der Waals surface area contributed by atoms with E-state index in [4.69, 9.17) is 0 Å². The average Bonchev–Trinajstić information content (AvgIpc) is 3.11. The molecule has 0 aromatic carbocycles. The Morgan fingerprint density at radius 3 is 2.52 bits per heavy atom. The number of fused-ring (bicyclic) bond motifs is 3. The molecule has 1 atom stereocenters. The van der Waals surface area contributed by atoms with Crippen LogP contribution in [0.3, 0.4) is 0 Å². The third-order valence-electron chi connectivity index (χ3n) is 5.93. The van der Waals surface area contributed by atoms with Gasteiger partial charge in [-0.15, -0.1) is 0 Å². The maximum atomic E-state index is 12.7. The number of amides is 1. The van der Waals surface area contributed by atoms with E-state index in [9.17, 15) is 4.79 Å². The van der Waals surface area contributed by atoms with Crippen LogP contribution in [0.5, 0.6) is 0 Å². The van der Waals surface area contributed by atoms with Crippen molar-refractivity contribution in [3.8, 4) is 0 Å². The molecule has 0 saturated carbocycles. The molecule has 6 nitrogen and oxygen atoms in total. The summed E-state index contributed by atoms with van der Waals surface area (Å²) in [6.07, 6.45) is 4.44. The fourth-order valence-electron chi connectivity index (χ4n) is 4.53. The van der Waals surface area contributed by atoms with E-state index in [0.29, 0.717) is 0 Å². The minimum absolute atomic E-state index is 0.137. The van der Waals surface area contributed by atoms with Crippen LogP contribution in [-0.4, -0.2) is 82.2 Å². The molecule has 1 aromatic rings. The van der Waals surface area contributed by atoms with Gasteiger partial charge in [-0.05, 0) is 44.8 Å². The summed E-state index contributed by atoms with van der Waals surface area (Å²) >= 11 is 0. The van der Waals surface area contributed by atoms with Gasteiger partial charge in [-0.3, -0.25) is 14.4 Å². The topological polar surface area (TPSA) is 44.6 Å². The number of carbonyl (C=O) groups excluding carboxylic acids is 1. The van der Waals surface area contributed by atoms with E-state index in [2.05, 4.69) is 14.9 Å². The number of nitrogens with zero attached hydrogens (tertiary/aromatic N) is 5. The molecule has 2 bridgehead atoms. The monoisotopic (exact) mass is 317 g/mol. The summed E-state index contributed by atoms with van der Waals surface area (Å²) < 4.78 is 1.79. The van der Waals surface area contributed by atoms with Crippen LogP contribution in [0.25, 0.3) is 0 Å². The molecule has 4 fully saturated rings. The van der Waals surface area contributed by atoms with Gasteiger partial charge in [0, 0.05) is 51.5 Å². The Morgan fingerprint density at radius 1 is 1.17 bits per heavy atom. The number of carbonyl (C=O) groups is 1. The zero-order valence-corrected chi connectivity index (χ0v) is 14.0. The van der Waals surface area contributed by atoms with Crippen LogP contribution in [0.4, 0.5) is 0 Å². The van der Waals surface area contributed by atoms with Gasteiger partial charge in [-0.2, -0.15) is 5.10 Å². The van der Waals surface area contributed by atoms with Crippen molar-refractivity contribution in [2.24, 2.45) is 5.92 Å². The molecular weight excluding hydrogens is 290 g/mol. The molecule has 0 N–H and O–H groups in total. The van der Waals surface area contributed by atoms with Gasteiger partial charge in [0.15, 0.2) is 0 Å². The minimum atomic E-state index is 0.137. The summed E-state index contributed by atoms with van der Waals surface area (Å²) in [7, 11) is 0. The van der Waals surface area contributed by atoms with Crippen molar-refractivity contribution in [2.75, 3.05) is 45.8 Å². The average molecular weight is 317 g/mol. The zero-order valence-electron chi connectivity index (χ0n) is 14.0. The first-order valence-corrected chi connectivity index (χ1v) is 9.03. The molecule has 4 saturated heterocycles. The quantitative estimate of drug-likeness (QED) is 0.825. The summed E-state index contributed by atoms with van der Waals surface area (Å²) in [5, 5.41) is 4.22. The van der Waals surface area contributed by atoms with Crippen molar-refractivity contribution in [3.05, 3.63) is 18.0 Å². The first kappa shape index (κ1) is 15.1. The normalized spacial score (nSPS) is 31.5. The summed E-state index contributed by atoms with van der Waals surface area (Å²) in [6.45, 7) is 10.3. The lowest BCUT2D eigenvalue weighted by molar-refractivity contribution is -0.0132. The zero-order chi connectivity index (χ0) is 15.8. The molecule has 23 heavy (non-hydrogen) atoms. The van der Waals surface area contributed by atoms with Gasteiger partial charge in [0.1, 0.15) is 5.69 Å². The van der Waals surface area contributed by atoms with Crippen molar-refractivity contribution < 1.29 is 4.79 Å². The van der Waals surface area contributed by atoms with Gasteiger partial charge in [-0.25, -0.2) is 0 Å². The Hall–Kier alpha value is -1.40. The summed E-state index contributed by atoms with van der Waals surface area (Å²) in [5.41, 5.74) is 0.726. The molecule has 4 aliphatic rings. The fraction of sp³-hybridized carbons (Fsp3) is 0.765. The summed E-state index contributed by atoms with van der Waals surface area (Å²) in [4.78, 5) is 19.9. The third kappa shape index (κ3) is 2.78. The summed E-state index contributed by atoms with van der Waals surface area (Å²) in [5.74, 6) is 1.02. The van der Waals surface area contributed by atoms with Crippen molar-refractivity contribution in [1.29, 1.82) is 0 Å². The van der Waals surface area contributed by atoms with Crippen LogP contribution >= 0.6 is 0 Å². The van der Waals surface area contributed by atoms with E-state index >= 15 is 0 Å². The third-order valence-corrected chi connectivity index (χ3v) is 5.93. The Kier molecular flexibility index (Phi) is 4.11. The van der Waals surface area contributed by atoms with Crippen LogP contribution in [0, 0.1) is 5.92 Å². The van der Waals surface area contributed by atoms with Crippen molar-refractivity contribution in [3.63, 3.8) is 0 Å². The first-order chi connectivity index (χ1) is 11.3. The number of hydrogen-bond donors (Lipinski definition) is 0. The van der Waals surface area contributed by atoms with E-state index in [-0.39, 0.29) is 5.91 Å². The highest BCUT2D eigenvalue weighted by Crippen LogP contribution is 2.31. The molecule has 6 heteroatoms. The van der Waals surface area contributed by atoms with Gasteiger partial charge < -0.3 is 9.80 Å². The molecule has 126 valence electrons. The lowest BCUT2D eigenvalue weighted by Crippen LogP contribution is -2.61. The first-order valence-electron chi connectivity index (χ1n) is 9.03. The van der Waals surface area contributed by atoms with E-state index in [1.807, 2.05) is 17.9 Å². The van der Waals surface area contributed by atoms with E-state index < -0.39 is 0 Å². The predicted octanol–water partition coefficient (Wildman–Crippen LogP) is 0.755. The lowest BCUT2D eigenvalue weighted by atomic mass is 9.83. The van der Waals surface area contributed by atoms with Gasteiger partial charge in [0.05, 0.1) is 0 Å². The molecule has 5 rings (SSSR count). The van der Waals surface area contributed by atoms with Crippen LogP contribution in [0.2, 0.25) is 0 Å². The molecule has 1 amide bonds. The van der Waals surface area contributed by atoms with Crippen molar-refractivity contribution >= 4 is 5.91 Å². The van der Waals surface area contributed by atoms with Crippen LogP contribution in [-0.2, 0) is 6.54 Å². The number of piperidine rings is 3. The van der Waals surface area contributed by atoms with E-state index in [1.165, 1.54) is 32.5 Å². The highest BCUT2D eigenvalue weighted by atomic mass is 16.2. The van der Waals surface area contributed by atoms with Crippen LogP contribution in [0.15, 0.2) is 12.3 Å². The standard InChI is InChI=1S/C17H27N5O/c1-2-22-15(3-6-18-22)17(23)21-11-9-20(10-12-21)16-13-19-7-4-14(16)5-8-19/h3,6,14,16H,2,4-5,7-13H2,1H3. The highest BCUT2D eigenvalue weighted by molar-refractivity contribution is 5.92. The SMILES string of the molecule is CCn1nccc1C(=O)N1CCN(C2CN3CCC2CC3)CC1. The smallest absolute Gasteiger partial charge is 0.272 e. The van der Waals surface area contributed by atoms with Crippen molar-refractivity contribution in [1.82, 2.24) is 24.5 Å². The second-order valence-electron chi connectivity index (χ2n) is 7.07. The minimum Gasteiger partial charge on any atom is -0.335 e. The molecule has 5 heterocycles. The van der Waals surface area contributed by atoms with Crippen molar-refractivity contribution in [2.45, 2.75) is 32.4 Å². The van der Waals surface area contributed by atoms with E-state index in [1.54, 1.807) is 10.9 Å². The van der Waals surface area contributed by atoms with Gasteiger partial charge in [0.25, 0.3) is 5.91 Å². The Labute approximate surface area is 138 Å². The summed E-state index contributed by atoms with van der Waals surface area (Å²) in [6, 6.07) is 2.56. The molecule has 4 aliphatic heterocycles. The molecular formula is C17H27N5O. The second kappa shape index (κ2) is 6.24. The molecule has 0 radical (unpaired) electrons. The maximum absolute atomic E-state index is 12.7. The Bertz CT molecular complexity index is 555. The Balaban J connectivity index is 1.37. The molecule has 1 unspecified atom stereocenters. The van der Waals surface area contributed by atoms with Gasteiger partial charge in [0.2, 0.25) is 0 Å². The van der Waals surface area contributed by atoms with Crippen LogP contribution in [0.1, 0.15) is 30.3 Å². The Morgan fingerprint density at radius 2 is 1.91 bits per heavy atom. The van der Waals surface area contributed by atoms with Crippen LogP contribution < -0.4 is 0 Å². The number of hydrogen-bond acceptors (Lipinski definition) is 4.